The second-order valence-electron chi connectivity index (χ2n) is 4.66. The van der Waals surface area contributed by atoms with E-state index in [1.54, 1.807) is 13.2 Å². The van der Waals surface area contributed by atoms with E-state index in [0.717, 1.165) is 23.9 Å². The highest BCUT2D eigenvalue weighted by atomic mass is 79.9. The predicted octanol–water partition coefficient (Wildman–Crippen LogP) is 2.76. The van der Waals surface area contributed by atoms with Gasteiger partial charge in [0, 0.05) is 11.1 Å². The van der Waals surface area contributed by atoms with Gasteiger partial charge in [-0.2, -0.15) is 0 Å². The van der Waals surface area contributed by atoms with Crippen molar-refractivity contribution >= 4 is 21.8 Å². The van der Waals surface area contributed by atoms with E-state index in [0.29, 0.717) is 11.3 Å². The smallest absolute Gasteiger partial charge is 0.252 e. The minimum absolute atomic E-state index is 0.00750. The van der Waals surface area contributed by atoms with E-state index in [4.69, 9.17) is 9.47 Å². The van der Waals surface area contributed by atoms with E-state index < -0.39 is 0 Å². The number of methoxy groups -OCH3 is 1. The molecular weight excluding hydrogens is 310 g/mol. The molecule has 1 fully saturated rings. The fourth-order valence-corrected chi connectivity index (χ4v) is 2.61. The molecule has 1 aromatic rings. The molecule has 1 amide bonds. The number of ether oxygens (including phenoxy) is 2. The molecule has 5 heteroatoms. The number of nitrogens with one attached hydrogen (secondary N) is 1. The summed E-state index contributed by atoms with van der Waals surface area (Å²) in [7, 11) is 1.58. The molecule has 2 rings (SSSR count). The fourth-order valence-electron chi connectivity index (χ4n) is 2.18. The highest BCUT2D eigenvalue weighted by Crippen LogP contribution is 2.23. The minimum Gasteiger partial charge on any atom is -0.497 e. The minimum atomic E-state index is -0.117. The van der Waals surface area contributed by atoms with Gasteiger partial charge in [0.1, 0.15) is 5.75 Å². The number of hydrogen-bond acceptors (Lipinski definition) is 3. The summed E-state index contributed by atoms with van der Waals surface area (Å²) in [5.74, 6) is 0.548. The molecule has 104 valence electrons. The van der Waals surface area contributed by atoms with Crippen molar-refractivity contribution in [3.05, 3.63) is 28.2 Å². The Hall–Kier alpha value is -1.07. The summed E-state index contributed by atoms with van der Waals surface area (Å²) in [6, 6.07) is 5.35. The second-order valence-corrected chi connectivity index (χ2v) is 5.51. The van der Waals surface area contributed by atoms with Crippen LogP contribution in [0.2, 0.25) is 0 Å². The SMILES string of the molecule is COc1ccc(Br)c(C(=O)NC(C)C2CCCO2)c1. The number of halogens is 1. The molecular formula is C14H18BrNO3. The van der Waals surface area contributed by atoms with Crippen molar-refractivity contribution in [3.63, 3.8) is 0 Å². The molecule has 1 aliphatic rings. The molecule has 0 aromatic heterocycles. The van der Waals surface area contributed by atoms with Gasteiger partial charge >= 0.3 is 0 Å². The van der Waals surface area contributed by atoms with Crippen LogP contribution in [0, 0.1) is 0 Å². The molecule has 0 spiro atoms. The number of carbonyl (C=O) groups is 1. The third kappa shape index (κ3) is 3.48. The Morgan fingerprint density at radius 1 is 1.58 bits per heavy atom. The fraction of sp³-hybridized carbons (Fsp3) is 0.500. The van der Waals surface area contributed by atoms with Crippen LogP contribution in [0.3, 0.4) is 0 Å². The molecule has 2 unspecified atom stereocenters. The van der Waals surface area contributed by atoms with Crippen LogP contribution in [-0.4, -0.2) is 31.8 Å². The Labute approximate surface area is 121 Å². The molecule has 0 bridgehead atoms. The van der Waals surface area contributed by atoms with E-state index in [2.05, 4.69) is 21.2 Å². The summed E-state index contributed by atoms with van der Waals surface area (Å²) in [6.45, 7) is 2.76. The maximum Gasteiger partial charge on any atom is 0.252 e. The van der Waals surface area contributed by atoms with Crippen LogP contribution in [0.4, 0.5) is 0 Å². The lowest BCUT2D eigenvalue weighted by molar-refractivity contribution is 0.0712. The standard InChI is InChI=1S/C14H18BrNO3/c1-9(13-4-3-7-19-13)16-14(17)11-8-10(18-2)5-6-12(11)15/h5-6,8-9,13H,3-4,7H2,1-2H3,(H,16,17). The third-order valence-corrected chi connectivity index (χ3v) is 3.99. The van der Waals surface area contributed by atoms with Crippen molar-refractivity contribution in [3.8, 4) is 5.75 Å². The van der Waals surface area contributed by atoms with Gasteiger partial charge in [0.15, 0.2) is 0 Å². The molecule has 1 heterocycles. The second kappa shape index (κ2) is 6.39. The van der Waals surface area contributed by atoms with Crippen LogP contribution >= 0.6 is 15.9 Å². The van der Waals surface area contributed by atoms with E-state index in [1.807, 2.05) is 19.1 Å². The summed E-state index contributed by atoms with van der Waals surface area (Å²) >= 11 is 3.39. The maximum atomic E-state index is 12.2. The largest absolute Gasteiger partial charge is 0.497 e. The molecule has 0 aliphatic carbocycles. The van der Waals surface area contributed by atoms with Gasteiger partial charge in [0.05, 0.1) is 24.8 Å². The topological polar surface area (TPSA) is 47.6 Å². The highest BCUT2D eigenvalue weighted by molar-refractivity contribution is 9.10. The zero-order valence-corrected chi connectivity index (χ0v) is 12.7. The zero-order valence-electron chi connectivity index (χ0n) is 11.1. The van der Waals surface area contributed by atoms with E-state index in [-0.39, 0.29) is 18.1 Å². The third-order valence-electron chi connectivity index (χ3n) is 3.30. The monoisotopic (exact) mass is 327 g/mol. The Balaban J connectivity index is 2.06. The number of carbonyl (C=O) groups excluding carboxylic acids is 1. The quantitative estimate of drug-likeness (QED) is 0.925. The van der Waals surface area contributed by atoms with Gasteiger partial charge in [-0.15, -0.1) is 0 Å². The lowest BCUT2D eigenvalue weighted by Gasteiger charge is -2.20. The van der Waals surface area contributed by atoms with Crippen LogP contribution in [0.25, 0.3) is 0 Å². The molecule has 0 radical (unpaired) electrons. The lowest BCUT2D eigenvalue weighted by Crippen LogP contribution is -2.40. The summed E-state index contributed by atoms with van der Waals surface area (Å²) < 4.78 is 11.5. The van der Waals surface area contributed by atoms with E-state index in [1.165, 1.54) is 0 Å². The number of benzene rings is 1. The van der Waals surface area contributed by atoms with Gasteiger partial charge < -0.3 is 14.8 Å². The summed E-state index contributed by atoms with van der Waals surface area (Å²) in [6.07, 6.45) is 2.18. The summed E-state index contributed by atoms with van der Waals surface area (Å²) in [5, 5.41) is 2.98. The Morgan fingerprint density at radius 3 is 3.00 bits per heavy atom. The Bertz CT molecular complexity index is 458. The summed E-state index contributed by atoms with van der Waals surface area (Å²) in [5.41, 5.74) is 0.573. The molecule has 1 N–H and O–H groups in total. The molecule has 19 heavy (non-hydrogen) atoms. The van der Waals surface area contributed by atoms with Crippen LogP contribution in [0.15, 0.2) is 22.7 Å². The van der Waals surface area contributed by atoms with Gasteiger partial charge in [0.25, 0.3) is 5.91 Å². The average molecular weight is 328 g/mol. The van der Waals surface area contributed by atoms with Crippen molar-refractivity contribution in [2.45, 2.75) is 31.9 Å². The van der Waals surface area contributed by atoms with E-state index in [9.17, 15) is 4.79 Å². The van der Waals surface area contributed by atoms with Crippen LogP contribution in [0.1, 0.15) is 30.1 Å². The van der Waals surface area contributed by atoms with Gasteiger partial charge in [-0.25, -0.2) is 0 Å². The average Bonchev–Trinajstić information content (AvgIpc) is 2.93. The number of rotatable bonds is 4. The summed E-state index contributed by atoms with van der Waals surface area (Å²) in [4.78, 5) is 12.2. The molecule has 4 nitrogen and oxygen atoms in total. The Kier molecular flexibility index (Phi) is 4.82. The Morgan fingerprint density at radius 2 is 2.37 bits per heavy atom. The van der Waals surface area contributed by atoms with Crippen molar-refractivity contribution in [1.29, 1.82) is 0 Å². The first kappa shape index (κ1) is 14.3. The van der Waals surface area contributed by atoms with Gasteiger partial charge in [-0.1, -0.05) is 0 Å². The molecule has 2 atom stereocenters. The molecule has 0 saturated carbocycles. The zero-order chi connectivity index (χ0) is 13.8. The lowest BCUT2D eigenvalue weighted by atomic mass is 10.1. The van der Waals surface area contributed by atoms with Crippen molar-refractivity contribution in [1.82, 2.24) is 5.32 Å². The van der Waals surface area contributed by atoms with Crippen molar-refractivity contribution in [2.75, 3.05) is 13.7 Å². The van der Waals surface area contributed by atoms with Gasteiger partial charge in [0.2, 0.25) is 0 Å². The van der Waals surface area contributed by atoms with Crippen molar-refractivity contribution in [2.24, 2.45) is 0 Å². The molecule has 1 saturated heterocycles. The normalized spacial score (nSPS) is 20.1. The van der Waals surface area contributed by atoms with Crippen LogP contribution in [0.5, 0.6) is 5.75 Å². The predicted molar refractivity (Wildman–Crippen MR) is 76.6 cm³/mol. The van der Waals surface area contributed by atoms with Crippen LogP contribution < -0.4 is 10.1 Å². The van der Waals surface area contributed by atoms with Gasteiger partial charge in [-0.05, 0) is 53.9 Å². The number of hydrogen-bond donors (Lipinski definition) is 1. The first-order valence-corrected chi connectivity index (χ1v) is 7.17. The molecule has 1 aromatic carbocycles. The first-order valence-electron chi connectivity index (χ1n) is 6.38. The van der Waals surface area contributed by atoms with E-state index >= 15 is 0 Å². The number of amides is 1. The van der Waals surface area contributed by atoms with Gasteiger partial charge in [-0.3, -0.25) is 4.79 Å². The highest BCUT2D eigenvalue weighted by Gasteiger charge is 2.24. The maximum absolute atomic E-state index is 12.2. The van der Waals surface area contributed by atoms with Crippen LogP contribution in [-0.2, 0) is 4.74 Å². The molecule has 1 aliphatic heterocycles. The van der Waals surface area contributed by atoms with Crippen molar-refractivity contribution < 1.29 is 14.3 Å². The first-order chi connectivity index (χ1) is 9.11.